The molecule has 1 saturated heterocycles. The van der Waals surface area contributed by atoms with Crippen molar-refractivity contribution in [3.63, 3.8) is 0 Å². The summed E-state index contributed by atoms with van der Waals surface area (Å²) in [6, 6.07) is 10.7. The second-order valence-corrected chi connectivity index (χ2v) is 6.17. The van der Waals surface area contributed by atoms with Gasteiger partial charge in [-0.2, -0.15) is 0 Å². The van der Waals surface area contributed by atoms with E-state index in [9.17, 15) is 4.79 Å². The van der Waals surface area contributed by atoms with Crippen LogP contribution in [0.1, 0.15) is 15.9 Å². The summed E-state index contributed by atoms with van der Waals surface area (Å²) in [6.45, 7) is 1.38. The van der Waals surface area contributed by atoms with Crippen LogP contribution in [0.3, 0.4) is 0 Å². The minimum Gasteiger partial charge on any atom is -0.497 e. The van der Waals surface area contributed by atoms with E-state index in [0.717, 1.165) is 11.3 Å². The van der Waals surface area contributed by atoms with Crippen LogP contribution >= 0.6 is 11.6 Å². The number of carbonyl (C=O) groups excluding carboxylic acids is 1. The molecule has 7 heteroatoms. The average Bonchev–Trinajstić information content (AvgIpc) is 3.50. The van der Waals surface area contributed by atoms with Crippen LogP contribution < -0.4 is 19.5 Å². The average molecular weight is 378 g/mol. The van der Waals surface area contributed by atoms with Gasteiger partial charge in [-0.1, -0.05) is 23.7 Å². The van der Waals surface area contributed by atoms with Crippen LogP contribution in [0.4, 0.5) is 0 Å². The second kappa shape index (κ2) is 8.29. The first kappa shape index (κ1) is 18.4. The van der Waals surface area contributed by atoms with Crippen LogP contribution in [0.5, 0.6) is 17.2 Å². The van der Waals surface area contributed by atoms with Gasteiger partial charge in [0, 0.05) is 13.1 Å². The van der Waals surface area contributed by atoms with Gasteiger partial charge in [-0.15, -0.1) is 0 Å². The number of hydrogen-bond acceptors (Lipinski definition) is 5. The van der Waals surface area contributed by atoms with Crippen molar-refractivity contribution in [2.45, 2.75) is 12.7 Å². The quantitative estimate of drug-likeness (QED) is 0.716. The van der Waals surface area contributed by atoms with E-state index in [-0.39, 0.29) is 12.0 Å². The van der Waals surface area contributed by atoms with Gasteiger partial charge in [0.25, 0.3) is 5.91 Å². The molecule has 26 heavy (non-hydrogen) atoms. The number of methoxy groups -OCH3 is 1. The first-order valence-corrected chi connectivity index (χ1v) is 8.54. The van der Waals surface area contributed by atoms with Crippen LogP contribution in [0, 0.1) is 0 Å². The number of carbonyl (C=O) groups is 1. The molecule has 1 heterocycles. The second-order valence-electron chi connectivity index (χ2n) is 5.76. The molecule has 1 atom stereocenters. The molecule has 1 aliphatic rings. The number of benzene rings is 2. The Morgan fingerprint density at radius 2 is 1.96 bits per heavy atom. The molecule has 1 amide bonds. The Morgan fingerprint density at radius 1 is 1.23 bits per heavy atom. The smallest absolute Gasteiger partial charge is 0.254 e. The largest absolute Gasteiger partial charge is 0.497 e. The summed E-state index contributed by atoms with van der Waals surface area (Å²) in [4.78, 5) is 12.1. The fourth-order valence-corrected chi connectivity index (χ4v) is 2.52. The molecule has 2 aromatic carbocycles. The molecule has 0 unspecified atom stereocenters. The van der Waals surface area contributed by atoms with Crippen LogP contribution in [-0.4, -0.2) is 39.4 Å². The number of hydrogen-bond donors (Lipinski definition) is 1. The van der Waals surface area contributed by atoms with Gasteiger partial charge in [0.15, 0.2) is 0 Å². The molecule has 1 fully saturated rings. The van der Waals surface area contributed by atoms with Crippen LogP contribution in [0.25, 0.3) is 0 Å². The van der Waals surface area contributed by atoms with Gasteiger partial charge in [-0.25, -0.2) is 0 Å². The molecule has 0 aliphatic carbocycles. The molecule has 0 spiro atoms. The summed E-state index contributed by atoms with van der Waals surface area (Å²) in [6.07, 6.45) is 0.0758. The Bertz CT molecular complexity index is 774. The third-order valence-electron chi connectivity index (χ3n) is 3.89. The zero-order chi connectivity index (χ0) is 18.5. The third kappa shape index (κ3) is 4.59. The highest BCUT2D eigenvalue weighted by Crippen LogP contribution is 2.34. The molecule has 3 rings (SSSR count). The van der Waals surface area contributed by atoms with Crippen LogP contribution in [0.2, 0.25) is 5.02 Å². The fraction of sp³-hybridized carbons (Fsp3) is 0.316. The SMILES string of the molecule is CNC(=O)c1cc(Cl)c(OCc2ccc(OC)cc2)cc1OC[C@H]1CO1. The molecule has 1 N–H and O–H groups in total. The van der Waals surface area contributed by atoms with Gasteiger partial charge in [0.1, 0.15) is 36.6 Å². The summed E-state index contributed by atoms with van der Waals surface area (Å²) in [5.41, 5.74) is 1.32. The molecule has 0 saturated carbocycles. The van der Waals surface area contributed by atoms with Crippen LogP contribution in [-0.2, 0) is 11.3 Å². The van der Waals surface area contributed by atoms with Crippen molar-refractivity contribution in [1.29, 1.82) is 0 Å². The van der Waals surface area contributed by atoms with E-state index < -0.39 is 0 Å². The third-order valence-corrected chi connectivity index (χ3v) is 4.18. The number of epoxide rings is 1. The standard InChI is InChI=1S/C19H20ClNO5/c1-21-19(22)15-7-16(20)18(8-17(15)26-11-14-10-24-14)25-9-12-3-5-13(23-2)6-4-12/h3-8,14H,9-11H2,1-2H3,(H,21,22)/t14-/m1/s1. The van der Waals surface area contributed by atoms with Gasteiger partial charge in [-0.05, 0) is 23.8 Å². The van der Waals surface area contributed by atoms with Crippen molar-refractivity contribution in [3.05, 3.63) is 52.5 Å². The van der Waals surface area contributed by atoms with E-state index in [1.807, 2.05) is 24.3 Å². The first-order valence-electron chi connectivity index (χ1n) is 8.16. The predicted molar refractivity (Wildman–Crippen MR) is 97.4 cm³/mol. The minimum absolute atomic E-state index is 0.0758. The Kier molecular flexibility index (Phi) is 5.85. The van der Waals surface area contributed by atoms with Crippen molar-refractivity contribution in [3.8, 4) is 17.2 Å². The highest BCUT2D eigenvalue weighted by atomic mass is 35.5. The lowest BCUT2D eigenvalue weighted by molar-refractivity contribution is 0.0958. The van der Waals surface area contributed by atoms with Crippen molar-refractivity contribution < 1.29 is 23.7 Å². The van der Waals surface area contributed by atoms with Gasteiger partial charge in [0.2, 0.25) is 0 Å². The Labute approximate surface area is 157 Å². The lowest BCUT2D eigenvalue weighted by Gasteiger charge is -2.14. The summed E-state index contributed by atoms with van der Waals surface area (Å²) < 4.78 is 21.8. The summed E-state index contributed by atoms with van der Waals surface area (Å²) >= 11 is 6.29. The Balaban J connectivity index is 1.76. The number of halogens is 1. The number of rotatable bonds is 8. The lowest BCUT2D eigenvalue weighted by Crippen LogP contribution is -2.19. The highest BCUT2D eigenvalue weighted by Gasteiger charge is 2.25. The highest BCUT2D eigenvalue weighted by molar-refractivity contribution is 6.32. The maximum atomic E-state index is 12.1. The van der Waals surface area contributed by atoms with E-state index in [0.29, 0.717) is 41.9 Å². The van der Waals surface area contributed by atoms with Crippen molar-refractivity contribution in [1.82, 2.24) is 5.32 Å². The molecule has 0 bridgehead atoms. The summed E-state index contributed by atoms with van der Waals surface area (Å²) in [5, 5.41) is 2.92. The van der Waals surface area contributed by atoms with Crippen molar-refractivity contribution in [2.24, 2.45) is 0 Å². The molecule has 2 aromatic rings. The Hall–Kier alpha value is -2.44. The van der Waals surface area contributed by atoms with Gasteiger partial charge in [-0.3, -0.25) is 4.79 Å². The number of ether oxygens (including phenoxy) is 4. The van der Waals surface area contributed by atoms with E-state index >= 15 is 0 Å². The van der Waals surface area contributed by atoms with Gasteiger partial charge in [0.05, 0.1) is 24.3 Å². The molecule has 1 aliphatic heterocycles. The maximum Gasteiger partial charge on any atom is 0.254 e. The van der Waals surface area contributed by atoms with E-state index in [1.165, 1.54) is 0 Å². The molecule has 6 nitrogen and oxygen atoms in total. The Morgan fingerprint density at radius 3 is 2.58 bits per heavy atom. The molecule has 138 valence electrons. The van der Waals surface area contributed by atoms with Gasteiger partial charge >= 0.3 is 0 Å². The molecular weight excluding hydrogens is 358 g/mol. The topological polar surface area (TPSA) is 69.3 Å². The first-order chi connectivity index (χ1) is 12.6. The van der Waals surface area contributed by atoms with Crippen molar-refractivity contribution in [2.75, 3.05) is 27.4 Å². The van der Waals surface area contributed by atoms with E-state index in [4.69, 9.17) is 30.5 Å². The number of amides is 1. The van der Waals surface area contributed by atoms with Crippen LogP contribution in [0.15, 0.2) is 36.4 Å². The summed E-state index contributed by atoms with van der Waals surface area (Å²) in [5.74, 6) is 1.36. The van der Waals surface area contributed by atoms with E-state index in [2.05, 4.69) is 5.32 Å². The molecular formula is C19H20ClNO5. The normalized spacial score (nSPS) is 15.3. The zero-order valence-corrected chi connectivity index (χ0v) is 15.3. The van der Waals surface area contributed by atoms with Gasteiger partial charge < -0.3 is 24.3 Å². The van der Waals surface area contributed by atoms with E-state index in [1.54, 1.807) is 26.3 Å². The monoisotopic (exact) mass is 377 g/mol. The minimum atomic E-state index is -0.277. The lowest BCUT2D eigenvalue weighted by atomic mass is 10.1. The van der Waals surface area contributed by atoms with Crippen molar-refractivity contribution >= 4 is 17.5 Å². The number of nitrogens with one attached hydrogen (secondary N) is 1. The summed E-state index contributed by atoms with van der Waals surface area (Å²) in [7, 11) is 3.17. The maximum absolute atomic E-state index is 12.1. The fourth-order valence-electron chi connectivity index (χ4n) is 2.31. The molecule has 0 aromatic heterocycles. The predicted octanol–water partition coefficient (Wildman–Crippen LogP) is 3.06. The molecule has 0 radical (unpaired) electrons. The zero-order valence-electron chi connectivity index (χ0n) is 14.6.